The molecule has 0 aromatic heterocycles. The third-order valence-corrected chi connectivity index (χ3v) is 21.2. The second kappa shape index (κ2) is 23.0. The first-order valence-corrected chi connectivity index (χ1v) is 28.2. The standard InChI is InChI=1S/C56H88O23/c1-11-23(3)47(70)72-22-56-28(19-52(6,7)45(44(56)67)79-48(71)24(4)12-2)27-13-14-32-53(8)17-16-29(25(5)26(53)15-18-54(32,9)55(27,10)42(65)43(56)66)73-51-41(78-50-37(63)35(61)33(59)30(20-57)74-50)39(38(64)40(77-51)46(68)69)76-49-36(62)34(60)31(21-58)75-49/h12-13,23,25-26,28-45,49-51,57-67H,11,14-22H2,1-10H3,(H,68,69)/b24-12-/t23?,25-,26-,28-,29-,30+,31-,32+,33-,34-,35-,36+,37+,38-,39-,40-,41+,42-,43+,44-,45-,49-,50-,51+,53-,54+,55-,56-/m0/s1. The minimum atomic E-state index is -2.12. The summed E-state index contributed by atoms with van der Waals surface area (Å²) in [6.45, 7) is 17.0. The molecule has 28 atom stereocenters. The van der Waals surface area contributed by atoms with E-state index in [0.29, 0.717) is 50.5 Å². The van der Waals surface area contributed by atoms with Crippen molar-refractivity contribution in [1.29, 1.82) is 0 Å². The Hall–Kier alpha value is -2.79. The van der Waals surface area contributed by atoms with E-state index in [2.05, 4.69) is 19.9 Å². The number of aliphatic hydroxyl groups is 11. The van der Waals surface area contributed by atoms with Crippen molar-refractivity contribution in [3.8, 4) is 0 Å². The lowest BCUT2D eigenvalue weighted by Crippen LogP contribution is -2.76. The van der Waals surface area contributed by atoms with Gasteiger partial charge in [-0.1, -0.05) is 73.1 Å². The van der Waals surface area contributed by atoms with E-state index in [9.17, 15) is 75.7 Å². The second-order valence-electron chi connectivity index (χ2n) is 25.6. The average molecular weight is 1130 g/mol. The van der Waals surface area contributed by atoms with Crippen molar-refractivity contribution >= 4 is 17.9 Å². The molecule has 23 nitrogen and oxygen atoms in total. The van der Waals surface area contributed by atoms with Gasteiger partial charge in [0, 0.05) is 16.4 Å². The molecule has 3 saturated heterocycles. The molecule has 450 valence electrons. The molecule has 4 saturated carbocycles. The molecule has 5 aliphatic carbocycles. The summed E-state index contributed by atoms with van der Waals surface area (Å²) >= 11 is 0. The van der Waals surface area contributed by atoms with Crippen LogP contribution >= 0.6 is 0 Å². The number of fused-ring (bicyclic) bond motifs is 7. The Morgan fingerprint density at radius 2 is 1.35 bits per heavy atom. The van der Waals surface area contributed by atoms with E-state index in [0.717, 1.165) is 5.57 Å². The largest absolute Gasteiger partial charge is 0.479 e. The zero-order chi connectivity index (χ0) is 58.4. The summed E-state index contributed by atoms with van der Waals surface area (Å²) in [4.78, 5) is 39.7. The average Bonchev–Trinajstić information content (AvgIpc) is 2.00. The fraction of sp³-hybridized carbons (Fsp3) is 0.875. The number of hydrogen-bond acceptors (Lipinski definition) is 22. The minimum absolute atomic E-state index is 0.0978. The first-order chi connectivity index (χ1) is 37.0. The van der Waals surface area contributed by atoms with Gasteiger partial charge in [-0.15, -0.1) is 0 Å². The van der Waals surface area contributed by atoms with Gasteiger partial charge in [-0.05, 0) is 93.3 Å². The molecule has 3 aliphatic heterocycles. The predicted molar refractivity (Wildman–Crippen MR) is 272 cm³/mol. The van der Waals surface area contributed by atoms with Crippen molar-refractivity contribution in [2.75, 3.05) is 19.8 Å². The molecule has 0 bridgehead atoms. The van der Waals surface area contributed by atoms with Crippen LogP contribution in [0.25, 0.3) is 0 Å². The smallest absolute Gasteiger partial charge is 0.335 e. The van der Waals surface area contributed by atoms with Gasteiger partial charge < -0.3 is 99.2 Å². The molecule has 0 aromatic rings. The zero-order valence-electron chi connectivity index (χ0n) is 46.9. The van der Waals surface area contributed by atoms with Crippen LogP contribution in [-0.2, 0) is 52.3 Å². The lowest BCUT2D eigenvalue weighted by Gasteiger charge is -2.72. The molecular formula is C56H88O23. The summed E-state index contributed by atoms with van der Waals surface area (Å²) in [5.41, 5.74) is -3.68. The van der Waals surface area contributed by atoms with Gasteiger partial charge >= 0.3 is 17.9 Å². The maximum absolute atomic E-state index is 13.5. The van der Waals surface area contributed by atoms with Gasteiger partial charge in [0.05, 0.1) is 42.9 Å². The quantitative estimate of drug-likeness (QED) is 0.0443. The van der Waals surface area contributed by atoms with Crippen LogP contribution in [0.3, 0.4) is 0 Å². The summed E-state index contributed by atoms with van der Waals surface area (Å²) in [5, 5.41) is 135. The highest BCUT2D eigenvalue weighted by Gasteiger charge is 2.75. The molecular weight excluding hydrogens is 1040 g/mol. The highest BCUT2D eigenvalue weighted by Crippen LogP contribution is 2.75. The SMILES string of the molecule is C/C=C(/C)C(=O)O[C@H]1[C@H](O)[C@]2(COC(=O)C(C)CC)[C@H](O)[C@H](O)[C@]3(C)C(=CC[C@@H]4[C@@]5(C)CC[C@H](O[C@@H]6O[C@H](C(=O)O)[C@@H](O)[C@H](O[C@@H]7O[C@@H](CO)[C@H](O)[C@H]7O)[C@H]6O[C@@H]6O[C@H](CO)[C@H](O)[C@H](O)[C@H]6O)[C@@H](C)[C@@H]5CC[C@]43C)[C@@H]2CC1(C)C. The third kappa shape index (κ3) is 10.1. The van der Waals surface area contributed by atoms with E-state index in [1.165, 1.54) is 0 Å². The lowest BCUT2D eigenvalue weighted by molar-refractivity contribution is -0.384. The molecule has 0 aromatic carbocycles. The number of aliphatic carboxylic acids is 1. The van der Waals surface area contributed by atoms with Gasteiger partial charge in [-0.2, -0.15) is 0 Å². The second-order valence-corrected chi connectivity index (χ2v) is 25.6. The molecule has 0 amide bonds. The number of esters is 2. The van der Waals surface area contributed by atoms with Gasteiger partial charge in [-0.3, -0.25) is 4.79 Å². The van der Waals surface area contributed by atoms with Crippen molar-refractivity contribution in [3.05, 3.63) is 23.3 Å². The first-order valence-electron chi connectivity index (χ1n) is 28.2. The Balaban J connectivity index is 1.12. The number of carbonyl (C=O) groups excluding carboxylic acids is 2. The Labute approximate surface area is 460 Å². The molecule has 0 radical (unpaired) electrons. The zero-order valence-corrected chi connectivity index (χ0v) is 46.9. The van der Waals surface area contributed by atoms with Crippen LogP contribution in [-0.4, -0.2) is 216 Å². The molecule has 1 unspecified atom stereocenters. The highest BCUT2D eigenvalue weighted by molar-refractivity contribution is 5.87. The molecule has 23 heteroatoms. The summed E-state index contributed by atoms with van der Waals surface area (Å²) in [5.74, 6) is -4.50. The third-order valence-electron chi connectivity index (χ3n) is 21.2. The van der Waals surface area contributed by atoms with E-state index >= 15 is 0 Å². The predicted octanol–water partition coefficient (Wildman–Crippen LogP) is -0.0475. The van der Waals surface area contributed by atoms with Crippen LogP contribution in [0.1, 0.15) is 114 Å². The van der Waals surface area contributed by atoms with Gasteiger partial charge in [0.1, 0.15) is 79.9 Å². The lowest BCUT2D eigenvalue weighted by atomic mass is 9.33. The number of rotatable bonds is 15. The van der Waals surface area contributed by atoms with E-state index in [1.54, 1.807) is 26.8 Å². The van der Waals surface area contributed by atoms with Crippen molar-refractivity contribution in [1.82, 2.24) is 0 Å². The van der Waals surface area contributed by atoms with Crippen LogP contribution in [0, 0.1) is 56.7 Å². The monoisotopic (exact) mass is 1130 g/mol. The number of ether oxygens (including phenoxy) is 8. The number of aliphatic hydroxyl groups excluding tert-OH is 11. The summed E-state index contributed by atoms with van der Waals surface area (Å²) < 4.78 is 48.3. The molecule has 7 fully saturated rings. The Kier molecular flexibility index (Phi) is 18.1. The summed E-state index contributed by atoms with van der Waals surface area (Å²) in [6, 6.07) is 0. The number of carbonyl (C=O) groups is 3. The molecule has 0 spiro atoms. The van der Waals surface area contributed by atoms with Crippen molar-refractivity contribution in [3.63, 3.8) is 0 Å². The van der Waals surface area contributed by atoms with Gasteiger partial charge in [0.15, 0.2) is 25.0 Å². The number of carboxylic acid groups (broad SMARTS) is 1. The van der Waals surface area contributed by atoms with Gasteiger partial charge in [-0.25, -0.2) is 9.59 Å². The summed E-state index contributed by atoms with van der Waals surface area (Å²) in [6.07, 6.45) is -24.8. The Bertz CT molecular complexity index is 2280. The van der Waals surface area contributed by atoms with Crippen molar-refractivity contribution in [2.45, 2.75) is 231 Å². The highest BCUT2D eigenvalue weighted by atomic mass is 16.8. The van der Waals surface area contributed by atoms with Crippen molar-refractivity contribution < 1.29 is 114 Å². The maximum atomic E-state index is 13.5. The van der Waals surface area contributed by atoms with Crippen LogP contribution in [0.15, 0.2) is 23.3 Å². The number of hydrogen-bond donors (Lipinski definition) is 12. The fourth-order valence-corrected chi connectivity index (χ4v) is 15.8. The maximum Gasteiger partial charge on any atom is 0.335 e. The van der Waals surface area contributed by atoms with Gasteiger partial charge in [0.2, 0.25) is 0 Å². The topological polar surface area (TPSA) is 368 Å². The number of carboxylic acids is 1. The Morgan fingerprint density at radius 3 is 1.94 bits per heavy atom. The van der Waals surface area contributed by atoms with Crippen LogP contribution < -0.4 is 0 Å². The normalized spacial score (nSPS) is 50.0. The van der Waals surface area contributed by atoms with E-state index < -0.39 is 193 Å². The Morgan fingerprint density at radius 1 is 0.759 bits per heavy atom. The van der Waals surface area contributed by atoms with E-state index in [1.807, 2.05) is 34.6 Å². The molecule has 12 N–H and O–H groups in total. The molecule has 3 heterocycles. The summed E-state index contributed by atoms with van der Waals surface area (Å²) in [7, 11) is 0. The van der Waals surface area contributed by atoms with E-state index in [-0.39, 0.29) is 17.8 Å². The van der Waals surface area contributed by atoms with Gasteiger partial charge in [0.25, 0.3) is 0 Å². The molecule has 8 rings (SSSR count). The fourth-order valence-electron chi connectivity index (χ4n) is 15.8. The minimum Gasteiger partial charge on any atom is -0.479 e. The first kappa shape index (κ1) is 62.3. The van der Waals surface area contributed by atoms with E-state index in [4.69, 9.17) is 37.9 Å². The van der Waals surface area contributed by atoms with Crippen LogP contribution in [0.4, 0.5) is 0 Å². The number of allylic oxidation sites excluding steroid dienone is 2. The van der Waals surface area contributed by atoms with Crippen LogP contribution in [0.5, 0.6) is 0 Å². The van der Waals surface area contributed by atoms with Crippen LogP contribution in [0.2, 0.25) is 0 Å². The molecule has 8 aliphatic rings. The van der Waals surface area contributed by atoms with Crippen molar-refractivity contribution in [2.24, 2.45) is 56.7 Å². The molecule has 79 heavy (non-hydrogen) atoms.